The van der Waals surface area contributed by atoms with Gasteiger partial charge < -0.3 is 5.32 Å². The Hall–Kier alpha value is -2.05. The molecule has 0 aliphatic rings. The van der Waals surface area contributed by atoms with Crippen LogP contribution >= 0.6 is 11.6 Å². The zero-order valence-corrected chi connectivity index (χ0v) is 10.7. The third kappa shape index (κ3) is 2.44. The number of halogens is 1. The molecule has 0 atom stereocenters. The van der Waals surface area contributed by atoms with Crippen LogP contribution in [0.3, 0.4) is 0 Å². The zero-order chi connectivity index (χ0) is 13.0. The van der Waals surface area contributed by atoms with Crippen molar-refractivity contribution in [1.82, 2.24) is 4.98 Å². The lowest BCUT2D eigenvalue weighted by Crippen LogP contribution is -2.02. The number of nitriles is 1. The number of aromatic nitrogens is 1. The van der Waals surface area contributed by atoms with Crippen LogP contribution in [0.25, 0.3) is 11.3 Å². The van der Waals surface area contributed by atoms with Gasteiger partial charge in [-0.3, -0.25) is 0 Å². The lowest BCUT2D eigenvalue weighted by molar-refractivity contribution is 1.15. The van der Waals surface area contributed by atoms with Gasteiger partial charge in [0.05, 0.1) is 11.3 Å². The standard InChI is InChI=1S/C14H12ClN3/c1-2-17-14-10(9-16)7-8-13(18-14)11-5-3-4-6-12(11)15/h3-8H,2H2,1H3,(H,17,18). The quantitative estimate of drug-likeness (QED) is 0.912. The van der Waals surface area contributed by atoms with Gasteiger partial charge in [0, 0.05) is 17.1 Å². The van der Waals surface area contributed by atoms with Crippen molar-refractivity contribution in [2.24, 2.45) is 0 Å². The molecular formula is C14H12ClN3. The van der Waals surface area contributed by atoms with Crippen LogP contribution in [-0.4, -0.2) is 11.5 Å². The number of hydrogen-bond donors (Lipinski definition) is 1. The van der Waals surface area contributed by atoms with E-state index < -0.39 is 0 Å². The van der Waals surface area contributed by atoms with E-state index >= 15 is 0 Å². The average Bonchev–Trinajstić information content (AvgIpc) is 2.40. The first-order valence-electron chi connectivity index (χ1n) is 5.66. The molecule has 0 spiro atoms. The Kier molecular flexibility index (Phi) is 3.81. The van der Waals surface area contributed by atoms with E-state index in [1.165, 1.54) is 0 Å². The number of pyridine rings is 1. The van der Waals surface area contributed by atoms with Crippen LogP contribution in [-0.2, 0) is 0 Å². The first-order chi connectivity index (χ1) is 8.76. The maximum absolute atomic E-state index is 9.01. The summed E-state index contributed by atoms with van der Waals surface area (Å²) in [7, 11) is 0. The number of rotatable bonds is 3. The molecule has 2 aromatic rings. The van der Waals surface area contributed by atoms with Crippen molar-refractivity contribution in [3.8, 4) is 17.3 Å². The maximum atomic E-state index is 9.01. The third-order valence-corrected chi connectivity index (χ3v) is 2.84. The Morgan fingerprint density at radius 2 is 2.06 bits per heavy atom. The fourth-order valence-electron chi connectivity index (χ4n) is 1.67. The van der Waals surface area contributed by atoms with Crippen LogP contribution in [0.15, 0.2) is 36.4 Å². The molecule has 1 N–H and O–H groups in total. The Bertz CT molecular complexity index is 602. The highest BCUT2D eigenvalue weighted by Gasteiger charge is 2.08. The first-order valence-corrected chi connectivity index (χ1v) is 6.04. The minimum Gasteiger partial charge on any atom is -0.369 e. The molecule has 90 valence electrons. The Balaban J connectivity index is 2.51. The summed E-state index contributed by atoms with van der Waals surface area (Å²) in [5.74, 6) is 0.595. The topological polar surface area (TPSA) is 48.7 Å². The third-order valence-electron chi connectivity index (χ3n) is 2.51. The smallest absolute Gasteiger partial charge is 0.144 e. The van der Waals surface area contributed by atoms with Crippen LogP contribution in [0.5, 0.6) is 0 Å². The second kappa shape index (κ2) is 5.52. The molecule has 0 amide bonds. The van der Waals surface area contributed by atoms with E-state index in [0.29, 0.717) is 22.9 Å². The molecule has 0 aliphatic heterocycles. The van der Waals surface area contributed by atoms with Crippen molar-refractivity contribution >= 4 is 17.4 Å². The second-order valence-electron chi connectivity index (χ2n) is 3.71. The number of nitrogens with zero attached hydrogens (tertiary/aromatic N) is 2. The molecule has 0 aliphatic carbocycles. The molecule has 0 saturated carbocycles. The summed E-state index contributed by atoms with van der Waals surface area (Å²) in [5.41, 5.74) is 2.16. The monoisotopic (exact) mass is 257 g/mol. The van der Waals surface area contributed by atoms with Gasteiger partial charge in [-0.2, -0.15) is 5.26 Å². The highest BCUT2D eigenvalue weighted by Crippen LogP contribution is 2.27. The van der Waals surface area contributed by atoms with E-state index in [0.717, 1.165) is 11.3 Å². The van der Waals surface area contributed by atoms with Crippen molar-refractivity contribution in [2.45, 2.75) is 6.92 Å². The molecule has 0 fully saturated rings. The van der Waals surface area contributed by atoms with Crippen LogP contribution in [0.2, 0.25) is 5.02 Å². The molecule has 0 radical (unpaired) electrons. The number of nitrogens with one attached hydrogen (secondary N) is 1. The van der Waals surface area contributed by atoms with Crippen molar-refractivity contribution in [3.05, 3.63) is 47.0 Å². The van der Waals surface area contributed by atoms with E-state index in [2.05, 4.69) is 16.4 Å². The molecule has 3 nitrogen and oxygen atoms in total. The Labute approximate surface area is 111 Å². The first kappa shape index (κ1) is 12.4. The van der Waals surface area contributed by atoms with Crippen molar-refractivity contribution in [1.29, 1.82) is 5.26 Å². The van der Waals surface area contributed by atoms with Gasteiger partial charge >= 0.3 is 0 Å². The fraction of sp³-hybridized carbons (Fsp3) is 0.143. The molecular weight excluding hydrogens is 246 g/mol. The fourth-order valence-corrected chi connectivity index (χ4v) is 1.90. The summed E-state index contributed by atoms with van der Waals surface area (Å²) in [6.07, 6.45) is 0. The van der Waals surface area contributed by atoms with Crippen molar-refractivity contribution in [2.75, 3.05) is 11.9 Å². The van der Waals surface area contributed by atoms with E-state index in [4.69, 9.17) is 16.9 Å². The van der Waals surface area contributed by atoms with Gasteiger partial charge in [-0.15, -0.1) is 0 Å². The molecule has 18 heavy (non-hydrogen) atoms. The number of anilines is 1. The van der Waals surface area contributed by atoms with Crippen LogP contribution in [0.4, 0.5) is 5.82 Å². The van der Waals surface area contributed by atoms with Gasteiger partial charge in [0.1, 0.15) is 11.9 Å². The van der Waals surface area contributed by atoms with Crippen molar-refractivity contribution < 1.29 is 0 Å². The minimum atomic E-state index is 0.535. The molecule has 0 saturated heterocycles. The predicted molar refractivity (Wildman–Crippen MR) is 73.6 cm³/mol. The summed E-state index contributed by atoms with van der Waals surface area (Å²) in [6.45, 7) is 2.68. The van der Waals surface area contributed by atoms with E-state index in [-0.39, 0.29) is 0 Å². The van der Waals surface area contributed by atoms with Gasteiger partial charge in [-0.05, 0) is 25.1 Å². The highest BCUT2D eigenvalue weighted by atomic mass is 35.5. The highest BCUT2D eigenvalue weighted by molar-refractivity contribution is 6.33. The van der Waals surface area contributed by atoms with Crippen LogP contribution in [0, 0.1) is 11.3 Å². The summed E-state index contributed by atoms with van der Waals surface area (Å²) in [6, 6.07) is 13.2. The molecule has 0 bridgehead atoms. The lowest BCUT2D eigenvalue weighted by Gasteiger charge is -2.08. The summed E-state index contributed by atoms with van der Waals surface area (Å²) < 4.78 is 0. The van der Waals surface area contributed by atoms with Gasteiger partial charge in [-0.25, -0.2) is 4.98 Å². The van der Waals surface area contributed by atoms with E-state index in [1.807, 2.05) is 31.2 Å². The van der Waals surface area contributed by atoms with E-state index in [9.17, 15) is 0 Å². The maximum Gasteiger partial charge on any atom is 0.144 e. The largest absolute Gasteiger partial charge is 0.369 e. The molecule has 0 unspecified atom stereocenters. The van der Waals surface area contributed by atoms with Crippen LogP contribution < -0.4 is 5.32 Å². The lowest BCUT2D eigenvalue weighted by atomic mass is 10.1. The number of benzene rings is 1. The Morgan fingerprint density at radius 3 is 2.72 bits per heavy atom. The summed E-state index contributed by atoms with van der Waals surface area (Å²) in [4.78, 5) is 4.45. The van der Waals surface area contributed by atoms with Crippen LogP contribution in [0.1, 0.15) is 12.5 Å². The summed E-state index contributed by atoms with van der Waals surface area (Å²) >= 11 is 6.14. The van der Waals surface area contributed by atoms with Gasteiger partial charge in [-0.1, -0.05) is 29.8 Å². The van der Waals surface area contributed by atoms with Gasteiger partial charge in [0.15, 0.2) is 0 Å². The zero-order valence-electron chi connectivity index (χ0n) is 9.94. The summed E-state index contributed by atoms with van der Waals surface area (Å²) in [5, 5.41) is 12.7. The average molecular weight is 258 g/mol. The molecule has 1 aromatic carbocycles. The number of hydrogen-bond acceptors (Lipinski definition) is 3. The van der Waals surface area contributed by atoms with E-state index in [1.54, 1.807) is 12.1 Å². The second-order valence-corrected chi connectivity index (χ2v) is 4.12. The minimum absolute atomic E-state index is 0.535. The molecule has 2 rings (SSSR count). The van der Waals surface area contributed by atoms with Gasteiger partial charge in [0.2, 0.25) is 0 Å². The molecule has 1 heterocycles. The SMILES string of the molecule is CCNc1nc(-c2ccccc2Cl)ccc1C#N. The Morgan fingerprint density at radius 1 is 1.28 bits per heavy atom. The molecule has 1 aromatic heterocycles. The normalized spacial score (nSPS) is 9.83. The van der Waals surface area contributed by atoms with Crippen molar-refractivity contribution in [3.63, 3.8) is 0 Å². The predicted octanol–water partition coefficient (Wildman–Crippen LogP) is 3.71. The molecule has 4 heteroatoms. The van der Waals surface area contributed by atoms with Gasteiger partial charge in [0.25, 0.3) is 0 Å².